The molecule has 0 aliphatic carbocycles. The van der Waals surface area contributed by atoms with Crippen molar-refractivity contribution in [2.45, 2.75) is 6.54 Å². The molecule has 4 rings (SSSR count). The van der Waals surface area contributed by atoms with E-state index in [2.05, 4.69) is 0 Å². The van der Waals surface area contributed by atoms with Crippen LogP contribution in [0.3, 0.4) is 0 Å². The third-order valence-electron chi connectivity index (χ3n) is 4.54. The van der Waals surface area contributed by atoms with Crippen molar-refractivity contribution >= 4 is 17.5 Å². The average molecular weight is 390 g/mol. The van der Waals surface area contributed by atoms with Crippen LogP contribution in [-0.2, 0) is 11.3 Å². The largest absolute Gasteiger partial charge is 0.482 e. The van der Waals surface area contributed by atoms with E-state index in [1.807, 2.05) is 54.6 Å². The van der Waals surface area contributed by atoms with Crippen LogP contribution in [0.25, 0.3) is 0 Å². The van der Waals surface area contributed by atoms with Gasteiger partial charge in [0.2, 0.25) is 0 Å². The van der Waals surface area contributed by atoms with Gasteiger partial charge in [0.05, 0.1) is 12.2 Å². The van der Waals surface area contributed by atoms with Gasteiger partial charge in [-0.15, -0.1) is 0 Å². The fourth-order valence-electron chi connectivity index (χ4n) is 3.10. The van der Waals surface area contributed by atoms with Crippen molar-refractivity contribution in [1.82, 2.24) is 5.48 Å². The highest BCUT2D eigenvalue weighted by Gasteiger charge is 2.27. The molecule has 29 heavy (non-hydrogen) atoms. The van der Waals surface area contributed by atoms with Crippen LogP contribution < -0.4 is 19.9 Å². The molecule has 0 saturated carbocycles. The number of carbonyl (C=O) groups excluding carboxylic acids is 2. The number of hydrogen-bond donors (Lipinski definition) is 2. The van der Waals surface area contributed by atoms with E-state index in [1.165, 1.54) is 12.1 Å². The Morgan fingerprint density at radius 3 is 2.62 bits per heavy atom. The monoisotopic (exact) mass is 390 g/mol. The number of para-hydroxylation sites is 2. The summed E-state index contributed by atoms with van der Waals surface area (Å²) in [6.45, 7) is 0.142. The molecule has 2 N–H and O–H groups in total. The zero-order valence-electron chi connectivity index (χ0n) is 15.4. The number of hydroxylamine groups is 1. The van der Waals surface area contributed by atoms with E-state index in [9.17, 15) is 9.59 Å². The van der Waals surface area contributed by atoms with Crippen molar-refractivity contribution in [1.29, 1.82) is 0 Å². The lowest BCUT2D eigenvalue weighted by atomic mass is 10.1. The number of carbonyl (C=O) groups is 2. The first-order valence-corrected chi connectivity index (χ1v) is 8.98. The van der Waals surface area contributed by atoms with Gasteiger partial charge in [0.1, 0.15) is 17.2 Å². The number of anilines is 1. The fraction of sp³-hybridized carbons (Fsp3) is 0.0909. The molecule has 7 nitrogen and oxygen atoms in total. The number of hydrogen-bond acceptors (Lipinski definition) is 5. The third-order valence-corrected chi connectivity index (χ3v) is 4.54. The standard InChI is InChI=1S/C22H18N2O5/c25-21-14-28-20-11-10-15(22(26)23-27)12-18(20)24(21)13-16-6-4-5-9-19(16)29-17-7-2-1-3-8-17/h1-12,27H,13-14H2,(H,23,26). The average Bonchev–Trinajstić information content (AvgIpc) is 2.76. The Hall–Kier alpha value is -3.84. The molecule has 1 heterocycles. The number of rotatable bonds is 5. The minimum Gasteiger partial charge on any atom is -0.482 e. The van der Waals surface area contributed by atoms with Gasteiger partial charge in [-0.05, 0) is 36.4 Å². The van der Waals surface area contributed by atoms with Crippen LogP contribution >= 0.6 is 0 Å². The second kappa shape index (κ2) is 8.04. The lowest BCUT2D eigenvalue weighted by Crippen LogP contribution is -2.38. The molecule has 1 aliphatic rings. The van der Waals surface area contributed by atoms with Crippen molar-refractivity contribution in [2.75, 3.05) is 11.5 Å². The molecule has 3 aromatic rings. The summed E-state index contributed by atoms with van der Waals surface area (Å²) in [5.41, 5.74) is 3.06. The molecule has 0 saturated heterocycles. The van der Waals surface area contributed by atoms with E-state index in [0.717, 1.165) is 5.56 Å². The molecule has 0 fully saturated rings. The molecule has 7 heteroatoms. The van der Waals surface area contributed by atoms with Crippen LogP contribution in [-0.4, -0.2) is 23.6 Å². The van der Waals surface area contributed by atoms with Crippen LogP contribution in [0.4, 0.5) is 5.69 Å². The molecule has 3 aromatic carbocycles. The summed E-state index contributed by atoms with van der Waals surface area (Å²) in [7, 11) is 0. The van der Waals surface area contributed by atoms with Gasteiger partial charge in [-0.2, -0.15) is 0 Å². The Labute approximate surface area is 167 Å². The molecule has 0 unspecified atom stereocenters. The highest BCUT2D eigenvalue weighted by molar-refractivity contribution is 6.01. The number of fused-ring (bicyclic) bond motifs is 1. The van der Waals surface area contributed by atoms with Gasteiger partial charge in [-0.3, -0.25) is 14.8 Å². The van der Waals surface area contributed by atoms with Crippen molar-refractivity contribution in [3.63, 3.8) is 0 Å². The zero-order valence-corrected chi connectivity index (χ0v) is 15.4. The van der Waals surface area contributed by atoms with Crippen LogP contribution in [0.5, 0.6) is 17.2 Å². The number of ether oxygens (including phenoxy) is 2. The fourth-order valence-corrected chi connectivity index (χ4v) is 3.10. The summed E-state index contributed by atoms with van der Waals surface area (Å²) in [5, 5.41) is 8.89. The SMILES string of the molecule is O=C(NO)c1ccc2c(c1)N(Cc1ccccc1Oc1ccccc1)C(=O)CO2. The Bertz CT molecular complexity index is 1050. The predicted molar refractivity (Wildman–Crippen MR) is 105 cm³/mol. The van der Waals surface area contributed by atoms with Crippen molar-refractivity contribution < 1.29 is 24.3 Å². The number of nitrogens with zero attached hydrogens (tertiary/aromatic N) is 1. The number of benzene rings is 3. The highest BCUT2D eigenvalue weighted by atomic mass is 16.5. The zero-order chi connectivity index (χ0) is 20.2. The molecule has 1 aliphatic heterocycles. The Kier molecular flexibility index (Phi) is 5.13. The van der Waals surface area contributed by atoms with Crippen LogP contribution in [0.15, 0.2) is 72.8 Å². The van der Waals surface area contributed by atoms with Gasteiger partial charge in [0, 0.05) is 11.1 Å². The quantitative estimate of drug-likeness (QED) is 0.514. The second-order valence-electron chi connectivity index (χ2n) is 6.41. The minimum atomic E-state index is -0.668. The van der Waals surface area contributed by atoms with Gasteiger partial charge in [0.15, 0.2) is 6.61 Å². The number of nitrogens with one attached hydrogen (secondary N) is 1. The van der Waals surface area contributed by atoms with Gasteiger partial charge in [0.25, 0.3) is 11.8 Å². The smallest absolute Gasteiger partial charge is 0.274 e. The van der Waals surface area contributed by atoms with Gasteiger partial charge >= 0.3 is 0 Å². The molecule has 0 spiro atoms. The molecule has 0 atom stereocenters. The van der Waals surface area contributed by atoms with E-state index in [0.29, 0.717) is 22.9 Å². The minimum absolute atomic E-state index is 0.0970. The maximum Gasteiger partial charge on any atom is 0.274 e. The topological polar surface area (TPSA) is 88.1 Å². The molecule has 2 amide bonds. The van der Waals surface area contributed by atoms with Crippen molar-refractivity contribution in [3.05, 3.63) is 83.9 Å². The van der Waals surface area contributed by atoms with Crippen LogP contribution in [0, 0.1) is 0 Å². The summed E-state index contributed by atoms with van der Waals surface area (Å²) >= 11 is 0. The summed E-state index contributed by atoms with van der Waals surface area (Å²) in [5.74, 6) is 0.895. The second-order valence-corrected chi connectivity index (χ2v) is 6.41. The van der Waals surface area contributed by atoms with Gasteiger partial charge in [-0.1, -0.05) is 36.4 Å². The van der Waals surface area contributed by atoms with E-state index in [-0.39, 0.29) is 24.6 Å². The van der Waals surface area contributed by atoms with Crippen LogP contribution in [0.2, 0.25) is 0 Å². The summed E-state index contributed by atoms with van der Waals surface area (Å²) in [6.07, 6.45) is 0. The maximum absolute atomic E-state index is 12.6. The van der Waals surface area contributed by atoms with Crippen molar-refractivity contribution in [2.24, 2.45) is 0 Å². The first-order chi connectivity index (χ1) is 14.2. The Morgan fingerprint density at radius 2 is 1.83 bits per heavy atom. The highest BCUT2D eigenvalue weighted by Crippen LogP contribution is 2.35. The van der Waals surface area contributed by atoms with E-state index >= 15 is 0 Å². The normalized spacial score (nSPS) is 12.7. The predicted octanol–water partition coefficient (Wildman–Crippen LogP) is 3.52. The van der Waals surface area contributed by atoms with Crippen molar-refractivity contribution in [3.8, 4) is 17.2 Å². The van der Waals surface area contributed by atoms with E-state index < -0.39 is 5.91 Å². The summed E-state index contributed by atoms with van der Waals surface area (Å²) in [4.78, 5) is 25.9. The maximum atomic E-state index is 12.6. The summed E-state index contributed by atoms with van der Waals surface area (Å²) in [6, 6.07) is 21.5. The molecular formula is C22H18N2O5. The van der Waals surface area contributed by atoms with Gasteiger partial charge in [-0.25, -0.2) is 5.48 Å². The van der Waals surface area contributed by atoms with E-state index in [4.69, 9.17) is 14.7 Å². The molecule has 146 valence electrons. The number of amides is 2. The molecule has 0 bridgehead atoms. The molecular weight excluding hydrogens is 372 g/mol. The Morgan fingerprint density at radius 1 is 1.07 bits per heavy atom. The lowest BCUT2D eigenvalue weighted by molar-refractivity contribution is -0.121. The van der Waals surface area contributed by atoms with Gasteiger partial charge < -0.3 is 14.4 Å². The first-order valence-electron chi connectivity index (χ1n) is 8.98. The van der Waals surface area contributed by atoms with Crippen LogP contribution in [0.1, 0.15) is 15.9 Å². The summed E-state index contributed by atoms with van der Waals surface area (Å²) < 4.78 is 11.5. The third kappa shape index (κ3) is 3.90. The molecule has 0 aromatic heterocycles. The van der Waals surface area contributed by atoms with E-state index in [1.54, 1.807) is 16.4 Å². The lowest BCUT2D eigenvalue weighted by Gasteiger charge is -2.30. The first kappa shape index (κ1) is 18.5. The molecule has 0 radical (unpaired) electrons. The Balaban J connectivity index is 1.67.